The molecule has 0 amide bonds. The van der Waals surface area contributed by atoms with Crippen LogP contribution in [-0.2, 0) is 32.1 Å². The molecule has 0 heterocycles. The van der Waals surface area contributed by atoms with Crippen LogP contribution >= 0.6 is 0 Å². The van der Waals surface area contributed by atoms with Crippen LogP contribution in [0.3, 0.4) is 0 Å². The smallest absolute Gasteiger partial charge is 0.309 e. The van der Waals surface area contributed by atoms with Gasteiger partial charge in [-0.2, -0.15) is 0 Å². The summed E-state index contributed by atoms with van der Waals surface area (Å²) in [6, 6.07) is 11.5. The number of aryl methyl sites for hydroxylation is 1. The first-order valence-electron chi connectivity index (χ1n) is 7.91. The molecule has 0 saturated carbocycles. The summed E-state index contributed by atoms with van der Waals surface area (Å²) in [6.07, 6.45) is 0.179. The Morgan fingerprint density at radius 2 is 1.76 bits per heavy atom. The first-order chi connectivity index (χ1) is 11.9. The predicted molar refractivity (Wildman–Crippen MR) is 94.4 cm³/mol. The van der Waals surface area contributed by atoms with Crippen molar-refractivity contribution in [3.05, 3.63) is 53.1 Å². The number of carbonyl (C=O) groups excluding carboxylic acids is 2. The third kappa shape index (κ3) is 4.83. The van der Waals surface area contributed by atoms with Gasteiger partial charge in [-0.3, -0.25) is 9.59 Å². The molecule has 0 saturated heterocycles. The molecule has 0 atom stereocenters. The maximum Gasteiger partial charge on any atom is 0.309 e. The van der Waals surface area contributed by atoms with Crippen molar-refractivity contribution >= 4 is 11.9 Å². The number of benzene rings is 2. The third-order valence-corrected chi connectivity index (χ3v) is 3.82. The Morgan fingerprint density at radius 3 is 2.40 bits per heavy atom. The van der Waals surface area contributed by atoms with Crippen LogP contribution in [0.25, 0.3) is 11.1 Å². The molecule has 0 N–H and O–H groups in total. The van der Waals surface area contributed by atoms with Crippen LogP contribution in [0.2, 0.25) is 0 Å². The number of hydrogen-bond donors (Lipinski definition) is 0. The summed E-state index contributed by atoms with van der Waals surface area (Å²) >= 11 is 0. The van der Waals surface area contributed by atoms with Crippen LogP contribution < -0.4 is 4.74 Å². The molecule has 0 radical (unpaired) electrons. The molecule has 0 bridgehead atoms. The van der Waals surface area contributed by atoms with Crippen molar-refractivity contribution in [3.8, 4) is 16.9 Å². The predicted octanol–water partition coefficient (Wildman–Crippen LogP) is 3.45. The minimum atomic E-state index is -0.334. The third-order valence-electron chi connectivity index (χ3n) is 3.82. The second-order valence-electron chi connectivity index (χ2n) is 5.73. The first kappa shape index (κ1) is 18.5. The van der Waals surface area contributed by atoms with E-state index in [1.165, 1.54) is 14.0 Å². The summed E-state index contributed by atoms with van der Waals surface area (Å²) in [5, 5.41) is 0. The van der Waals surface area contributed by atoms with Gasteiger partial charge < -0.3 is 14.2 Å². The van der Waals surface area contributed by atoms with E-state index in [2.05, 4.69) is 0 Å². The monoisotopic (exact) mass is 342 g/mol. The Hall–Kier alpha value is -2.82. The van der Waals surface area contributed by atoms with E-state index in [1.807, 2.05) is 43.3 Å². The highest BCUT2D eigenvalue weighted by molar-refractivity contribution is 5.77. The molecule has 0 aliphatic carbocycles. The SMILES string of the molecule is COC(=O)Cc1ccc(OC)c(-c2ccc(C)cc2COC(C)=O)c1. The lowest BCUT2D eigenvalue weighted by atomic mass is 9.95. The molecule has 132 valence electrons. The van der Waals surface area contributed by atoms with E-state index in [9.17, 15) is 9.59 Å². The van der Waals surface area contributed by atoms with Crippen LogP contribution in [0, 0.1) is 6.92 Å². The van der Waals surface area contributed by atoms with Crippen molar-refractivity contribution in [1.82, 2.24) is 0 Å². The molecular formula is C20H22O5. The lowest BCUT2D eigenvalue weighted by molar-refractivity contribution is -0.142. The average Bonchev–Trinajstić information content (AvgIpc) is 2.59. The molecule has 0 spiro atoms. The van der Waals surface area contributed by atoms with Gasteiger partial charge in [-0.05, 0) is 35.7 Å². The molecular weight excluding hydrogens is 320 g/mol. The molecule has 0 aliphatic rings. The molecule has 0 aromatic heterocycles. The van der Waals surface area contributed by atoms with Crippen molar-refractivity contribution < 1.29 is 23.8 Å². The summed E-state index contributed by atoms with van der Waals surface area (Å²) in [5.41, 5.74) is 4.50. The molecule has 0 fully saturated rings. The lowest BCUT2D eigenvalue weighted by Crippen LogP contribution is -2.05. The van der Waals surface area contributed by atoms with E-state index in [-0.39, 0.29) is 25.0 Å². The summed E-state index contributed by atoms with van der Waals surface area (Å²) in [6.45, 7) is 3.54. The van der Waals surface area contributed by atoms with E-state index >= 15 is 0 Å². The van der Waals surface area contributed by atoms with E-state index in [4.69, 9.17) is 14.2 Å². The summed E-state index contributed by atoms with van der Waals surface area (Å²) in [4.78, 5) is 22.7. The van der Waals surface area contributed by atoms with Crippen LogP contribution in [-0.4, -0.2) is 26.2 Å². The number of carbonyl (C=O) groups is 2. The van der Waals surface area contributed by atoms with Crippen molar-refractivity contribution in [3.63, 3.8) is 0 Å². The number of hydrogen-bond acceptors (Lipinski definition) is 5. The van der Waals surface area contributed by atoms with Gasteiger partial charge in [0.15, 0.2) is 0 Å². The summed E-state index contributed by atoms with van der Waals surface area (Å²) in [7, 11) is 2.96. The molecule has 0 aliphatic heterocycles. The maximum absolute atomic E-state index is 11.6. The van der Waals surface area contributed by atoms with Crippen molar-refractivity contribution in [2.75, 3.05) is 14.2 Å². The zero-order chi connectivity index (χ0) is 18.4. The molecule has 2 aromatic rings. The standard InChI is InChI=1S/C20H22O5/c1-13-5-7-17(16(9-13)12-25-14(2)21)18-10-15(11-20(22)24-4)6-8-19(18)23-3/h5-10H,11-12H2,1-4H3. The second-order valence-corrected chi connectivity index (χ2v) is 5.73. The topological polar surface area (TPSA) is 61.8 Å². The molecule has 2 aromatic carbocycles. The van der Waals surface area contributed by atoms with Gasteiger partial charge in [-0.25, -0.2) is 0 Å². The highest BCUT2D eigenvalue weighted by Crippen LogP contribution is 2.34. The van der Waals surface area contributed by atoms with E-state index in [0.717, 1.165) is 27.8 Å². The number of esters is 2. The van der Waals surface area contributed by atoms with Gasteiger partial charge in [0, 0.05) is 12.5 Å². The van der Waals surface area contributed by atoms with E-state index in [1.54, 1.807) is 7.11 Å². The Bertz CT molecular complexity index is 780. The van der Waals surface area contributed by atoms with Crippen molar-refractivity contribution in [1.29, 1.82) is 0 Å². The quantitative estimate of drug-likeness (QED) is 0.753. The largest absolute Gasteiger partial charge is 0.496 e. The summed E-state index contributed by atoms with van der Waals surface area (Å²) < 4.78 is 15.4. The summed E-state index contributed by atoms with van der Waals surface area (Å²) in [5.74, 6) is 0.0422. The van der Waals surface area contributed by atoms with Crippen molar-refractivity contribution in [2.45, 2.75) is 26.9 Å². The number of rotatable bonds is 6. The number of ether oxygens (including phenoxy) is 3. The Kier molecular flexibility index (Phi) is 6.17. The molecule has 0 unspecified atom stereocenters. The Balaban J connectivity index is 2.49. The highest BCUT2D eigenvalue weighted by Gasteiger charge is 2.14. The van der Waals surface area contributed by atoms with Gasteiger partial charge in [0.25, 0.3) is 0 Å². The van der Waals surface area contributed by atoms with Gasteiger partial charge in [0.2, 0.25) is 0 Å². The normalized spacial score (nSPS) is 10.2. The van der Waals surface area contributed by atoms with Crippen LogP contribution in [0.1, 0.15) is 23.6 Å². The van der Waals surface area contributed by atoms with Gasteiger partial charge in [-0.15, -0.1) is 0 Å². The second kappa shape index (κ2) is 8.33. The fourth-order valence-corrected chi connectivity index (χ4v) is 2.60. The molecule has 5 heteroatoms. The Morgan fingerprint density at radius 1 is 1.00 bits per heavy atom. The maximum atomic E-state index is 11.6. The van der Waals surface area contributed by atoms with E-state index in [0.29, 0.717) is 5.75 Å². The molecule has 2 rings (SSSR count). The van der Waals surface area contributed by atoms with Crippen molar-refractivity contribution in [2.24, 2.45) is 0 Å². The van der Waals surface area contributed by atoms with Gasteiger partial charge in [0.1, 0.15) is 12.4 Å². The van der Waals surface area contributed by atoms with Gasteiger partial charge in [-0.1, -0.05) is 29.8 Å². The van der Waals surface area contributed by atoms with E-state index < -0.39 is 0 Å². The fourth-order valence-electron chi connectivity index (χ4n) is 2.60. The minimum Gasteiger partial charge on any atom is -0.496 e. The Labute approximate surface area is 147 Å². The minimum absolute atomic E-state index is 0.177. The van der Waals surface area contributed by atoms with Crippen LogP contribution in [0.4, 0.5) is 0 Å². The zero-order valence-electron chi connectivity index (χ0n) is 14.9. The number of methoxy groups -OCH3 is 2. The molecule has 5 nitrogen and oxygen atoms in total. The van der Waals surface area contributed by atoms with Crippen LogP contribution in [0.5, 0.6) is 5.75 Å². The lowest BCUT2D eigenvalue weighted by Gasteiger charge is -2.15. The first-order valence-corrected chi connectivity index (χ1v) is 7.91. The fraction of sp³-hybridized carbons (Fsp3) is 0.300. The van der Waals surface area contributed by atoms with Gasteiger partial charge in [0.05, 0.1) is 20.6 Å². The average molecular weight is 342 g/mol. The van der Waals surface area contributed by atoms with Crippen LogP contribution in [0.15, 0.2) is 36.4 Å². The highest BCUT2D eigenvalue weighted by atomic mass is 16.5. The van der Waals surface area contributed by atoms with Gasteiger partial charge >= 0.3 is 11.9 Å². The zero-order valence-corrected chi connectivity index (χ0v) is 14.9. The molecule has 25 heavy (non-hydrogen) atoms.